The SMILES string of the molecule is C[C@@H](NC(=O)Cc1cc2c(F)c(F)ccc2[nH]c1=O)C1CCC(C#N)CN1. The Bertz CT molecular complexity index is 959. The first kappa shape index (κ1) is 19.0. The molecule has 6 nitrogen and oxygen atoms in total. The number of nitrogens with zero attached hydrogens (tertiary/aromatic N) is 1. The molecule has 1 amide bonds. The Morgan fingerprint density at radius 2 is 2.19 bits per heavy atom. The summed E-state index contributed by atoms with van der Waals surface area (Å²) >= 11 is 0. The first-order valence-corrected chi connectivity index (χ1v) is 8.81. The van der Waals surface area contributed by atoms with Gasteiger partial charge in [0.2, 0.25) is 5.91 Å². The number of hydrogen-bond acceptors (Lipinski definition) is 4. The van der Waals surface area contributed by atoms with Crippen molar-refractivity contribution in [1.82, 2.24) is 15.6 Å². The monoisotopic (exact) mass is 374 g/mol. The van der Waals surface area contributed by atoms with Gasteiger partial charge in [-0.2, -0.15) is 5.26 Å². The number of hydrogen-bond donors (Lipinski definition) is 3. The summed E-state index contributed by atoms with van der Waals surface area (Å²) in [5, 5.41) is 14.9. The van der Waals surface area contributed by atoms with Crippen molar-refractivity contribution in [1.29, 1.82) is 5.26 Å². The normalized spacial score (nSPS) is 20.8. The Labute approximate surface area is 154 Å². The number of rotatable bonds is 4. The van der Waals surface area contributed by atoms with Gasteiger partial charge in [0.05, 0.1) is 23.9 Å². The van der Waals surface area contributed by atoms with Crippen molar-refractivity contribution in [2.45, 2.75) is 38.3 Å². The smallest absolute Gasteiger partial charge is 0.252 e. The zero-order valence-electron chi connectivity index (χ0n) is 14.8. The van der Waals surface area contributed by atoms with Crippen LogP contribution in [0.1, 0.15) is 25.3 Å². The average Bonchev–Trinajstić information content (AvgIpc) is 2.66. The Balaban J connectivity index is 1.69. The van der Waals surface area contributed by atoms with Crippen molar-refractivity contribution in [3.63, 3.8) is 0 Å². The number of benzene rings is 1. The number of fused-ring (bicyclic) bond motifs is 1. The maximum Gasteiger partial charge on any atom is 0.252 e. The van der Waals surface area contributed by atoms with Crippen LogP contribution in [-0.2, 0) is 11.2 Å². The van der Waals surface area contributed by atoms with E-state index in [9.17, 15) is 18.4 Å². The van der Waals surface area contributed by atoms with Crippen LogP contribution in [0, 0.1) is 28.9 Å². The van der Waals surface area contributed by atoms with Crippen molar-refractivity contribution >= 4 is 16.8 Å². The van der Waals surface area contributed by atoms with E-state index in [1.54, 1.807) is 0 Å². The quantitative estimate of drug-likeness (QED) is 0.759. The number of H-pyrrole nitrogens is 1. The molecule has 2 heterocycles. The lowest BCUT2D eigenvalue weighted by Gasteiger charge is -2.31. The number of halogens is 2. The minimum atomic E-state index is -1.06. The minimum Gasteiger partial charge on any atom is -0.352 e. The van der Waals surface area contributed by atoms with Crippen LogP contribution < -0.4 is 16.2 Å². The number of pyridine rings is 1. The number of amides is 1. The maximum atomic E-state index is 13.9. The van der Waals surface area contributed by atoms with Crippen molar-refractivity contribution in [3.8, 4) is 6.07 Å². The van der Waals surface area contributed by atoms with E-state index in [1.807, 2.05) is 6.92 Å². The number of nitriles is 1. The van der Waals surface area contributed by atoms with Crippen molar-refractivity contribution in [2.75, 3.05) is 6.54 Å². The highest BCUT2D eigenvalue weighted by Crippen LogP contribution is 2.19. The van der Waals surface area contributed by atoms with E-state index in [2.05, 4.69) is 21.7 Å². The van der Waals surface area contributed by atoms with Gasteiger partial charge in [0.1, 0.15) is 0 Å². The lowest BCUT2D eigenvalue weighted by Crippen LogP contribution is -2.52. The molecule has 1 aromatic carbocycles. The molecule has 3 atom stereocenters. The zero-order chi connectivity index (χ0) is 19.6. The highest BCUT2D eigenvalue weighted by Gasteiger charge is 2.25. The first-order valence-electron chi connectivity index (χ1n) is 8.81. The van der Waals surface area contributed by atoms with Crippen LogP contribution in [0.3, 0.4) is 0 Å². The van der Waals surface area contributed by atoms with E-state index in [-0.39, 0.29) is 46.8 Å². The van der Waals surface area contributed by atoms with E-state index in [4.69, 9.17) is 5.26 Å². The molecule has 1 aromatic heterocycles. The molecule has 27 heavy (non-hydrogen) atoms. The fraction of sp³-hybridized carbons (Fsp3) is 0.421. The van der Waals surface area contributed by atoms with Gasteiger partial charge in [-0.25, -0.2) is 8.78 Å². The van der Waals surface area contributed by atoms with E-state index in [0.717, 1.165) is 18.9 Å². The summed E-state index contributed by atoms with van der Waals surface area (Å²) in [4.78, 5) is 26.9. The van der Waals surface area contributed by atoms with Crippen LogP contribution in [0.15, 0.2) is 23.0 Å². The molecule has 3 rings (SSSR count). The van der Waals surface area contributed by atoms with Crippen LogP contribution in [0.2, 0.25) is 0 Å². The molecule has 2 aromatic rings. The molecule has 0 spiro atoms. The molecule has 1 fully saturated rings. The molecule has 8 heteroatoms. The highest BCUT2D eigenvalue weighted by molar-refractivity contribution is 5.83. The number of aromatic amines is 1. The summed E-state index contributed by atoms with van der Waals surface area (Å²) in [6, 6.07) is 5.51. The minimum absolute atomic E-state index is 0.0180. The number of carbonyl (C=O) groups excluding carboxylic acids is 1. The van der Waals surface area contributed by atoms with E-state index >= 15 is 0 Å². The van der Waals surface area contributed by atoms with Gasteiger partial charge < -0.3 is 15.6 Å². The van der Waals surface area contributed by atoms with E-state index in [1.165, 1.54) is 12.1 Å². The first-order chi connectivity index (χ1) is 12.9. The van der Waals surface area contributed by atoms with Gasteiger partial charge in [-0.15, -0.1) is 0 Å². The Morgan fingerprint density at radius 1 is 1.41 bits per heavy atom. The third kappa shape index (κ3) is 4.14. The summed E-state index contributed by atoms with van der Waals surface area (Å²) in [7, 11) is 0. The Kier molecular flexibility index (Phi) is 5.51. The van der Waals surface area contributed by atoms with Crippen LogP contribution >= 0.6 is 0 Å². The van der Waals surface area contributed by atoms with E-state index in [0.29, 0.717) is 6.54 Å². The van der Waals surface area contributed by atoms with Crippen LogP contribution in [-0.4, -0.2) is 29.5 Å². The van der Waals surface area contributed by atoms with Crippen molar-refractivity contribution in [2.24, 2.45) is 5.92 Å². The second kappa shape index (κ2) is 7.84. The summed E-state index contributed by atoms with van der Waals surface area (Å²) in [5.41, 5.74) is -0.267. The predicted octanol–water partition coefficient (Wildman–Crippen LogP) is 1.75. The van der Waals surface area contributed by atoms with Crippen molar-refractivity contribution < 1.29 is 13.6 Å². The van der Waals surface area contributed by atoms with Gasteiger partial charge in [-0.3, -0.25) is 9.59 Å². The number of nitrogens with one attached hydrogen (secondary N) is 3. The topological polar surface area (TPSA) is 97.8 Å². The second-order valence-electron chi connectivity index (χ2n) is 6.90. The molecule has 1 saturated heterocycles. The largest absolute Gasteiger partial charge is 0.352 e. The van der Waals surface area contributed by atoms with Gasteiger partial charge in [0, 0.05) is 29.6 Å². The molecule has 1 aliphatic heterocycles. The maximum absolute atomic E-state index is 13.9. The Hall–Kier alpha value is -2.79. The average molecular weight is 374 g/mol. The molecule has 142 valence electrons. The fourth-order valence-corrected chi connectivity index (χ4v) is 3.38. The van der Waals surface area contributed by atoms with Crippen LogP contribution in [0.25, 0.3) is 10.9 Å². The van der Waals surface area contributed by atoms with Crippen LogP contribution in [0.5, 0.6) is 0 Å². The molecular formula is C19H20F2N4O2. The second-order valence-corrected chi connectivity index (χ2v) is 6.90. The molecule has 2 unspecified atom stereocenters. The summed E-state index contributed by atoms with van der Waals surface area (Å²) in [6.45, 7) is 2.43. The molecule has 0 saturated carbocycles. The third-order valence-electron chi connectivity index (χ3n) is 4.97. The summed E-state index contributed by atoms with van der Waals surface area (Å²) < 4.78 is 27.3. The van der Waals surface area contributed by atoms with Gasteiger partial charge >= 0.3 is 0 Å². The molecule has 0 bridgehead atoms. The molecule has 0 aliphatic carbocycles. The van der Waals surface area contributed by atoms with E-state index < -0.39 is 17.2 Å². The Morgan fingerprint density at radius 3 is 2.85 bits per heavy atom. The summed E-state index contributed by atoms with van der Waals surface area (Å²) in [6.07, 6.45) is 1.30. The molecule has 1 aliphatic rings. The molecule has 3 N–H and O–H groups in total. The lowest BCUT2D eigenvalue weighted by atomic mass is 9.92. The van der Waals surface area contributed by atoms with Gasteiger partial charge in [-0.1, -0.05) is 0 Å². The van der Waals surface area contributed by atoms with Crippen molar-refractivity contribution in [3.05, 3.63) is 45.8 Å². The summed E-state index contributed by atoms with van der Waals surface area (Å²) in [5.74, 6) is -2.47. The standard InChI is InChI=1S/C19H20F2N4O2/c1-10(15-4-2-11(8-22)9-23-15)24-17(26)7-12-6-13-16(25-19(12)27)5-3-14(20)18(13)21/h3,5-6,10-11,15,23H,2,4,7,9H2,1H3,(H,24,26)(H,25,27)/t10-,11?,15?/m1/s1. The lowest BCUT2D eigenvalue weighted by molar-refractivity contribution is -0.121. The third-order valence-corrected chi connectivity index (χ3v) is 4.97. The number of carbonyl (C=O) groups is 1. The van der Waals surface area contributed by atoms with Crippen LogP contribution in [0.4, 0.5) is 8.78 Å². The van der Waals surface area contributed by atoms with Gasteiger partial charge in [0.15, 0.2) is 11.6 Å². The predicted molar refractivity (Wildman–Crippen MR) is 95.9 cm³/mol. The zero-order valence-corrected chi connectivity index (χ0v) is 14.8. The fourth-order valence-electron chi connectivity index (χ4n) is 3.38. The molecule has 0 radical (unpaired) electrons. The molecular weight excluding hydrogens is 354 g/mol. The van der Waals surface area contributed by atoms with Gasteiger partial charge in [0.25, 0.3) is 5.56 Å². The highest BCUT2D eigenvalue weighted by atomic mass is 19.2. The van der Waals surface area contributed by atoms with Gasteiger partial charge in [-0.05, 0) is 38.0 Å². The number of piperidine rings is 1. The number of aromatic nitrogens is 1.